The number of hydrogen-bond donors (Lipinski definition) is 1. The van der Waals surface area contributed by atoms with Gasteiger partial charge in [-0.05, 0) is 33.4 Å². The molecule has 2 atom stereocenters. The molecule has 2 unspecified atom stereocenters. The molecule has 0 aliphatic carbocycles. The molecule has 0 aromatic carbocycles. The van der Waals surface area contributed by atoms with E-state index in [4.69, 9.17) is 4.74 Å². The second-order valence-electron chi connectivity index (χ2n) is 4.94. The fourth-order valence-corrected chi connectivity index (χ4v) is 2.16. The Bertz CT molecular complexity index is 169. The Morgan fingerprint density at radius 1 is 1.44 bits per heavy atom. The van der Waals surface area contributed by atoms with E-state index in [0.717, 1.165) is 26.3 Å². The number of hydrogen-bond acceptors (Lipinski definition) is 3. The number of nitrogens with one attached hydrogen (secondary N) is 1. The van der Waals surface area contributed by atoms with Crippen LogP contribution in [0, 0.1) is 0 Å². The molecule has 16 heavy (non-hydrogen) atoms. The molecular weight excluding hydrogens is 200 g/mol. The van der Waals surface area contributed by atoms with Crippen LogP contribution in [0.4, 0.5) is 0 Å². The van der Waals surface area contributed by atoms with E-state index in [9.17, 15) is 0 Å². The van der Waals surface area contributed by atoms with Gasteiger partial charge in [0.1, 0.15) is 0 Å². The summed E-state index contributed by atoms with van der Waals surface area (Å²) in [7, 11) is 2.22. The lowest BCUT2D eigenvalue weighted by Gasteiger charge is -2.29. The molecule has 96 valence electrons. The quantitative estimate of drug-likeness (QED) is 0.642. The van der Waals surface area contributed by atoms with Crippen LogP contribution in [-0.2, 0) is 4.74 Å². The van der Waals surface area contributed by atoms with Crippen molar-refractivity contribution in [2.75, 3.05) is 33.4 Å². The zero-order valence-electron chi connectivity index (χ0n) is 11.2. The normalized spacial score (nSPS) is 22.9. The fraction of sp³-hybridized carbons (Fsp3) is 1.00. The molecule has 1 aliphatic rings. The Labute approximate surface area is 101 Å². The third-order valence-corrected chi connectivity index (χ3v) is 3.57. The standard InChI is InChI=1S/C13H28N2O/c1-4-5-6-8-14-10-12(2)15(3)13-7-9-16-11-13/h12-14H,4-11H2,1-3H3. The van der Waals surface area contributed by atoms with Crippen molar-refractivity contribution in [2.24, 2.45) is 0 Å². The van der Waals surface area contributed by atoms with Gasteiger partial charge < -0.3 is 10.1 Å². The van der Waals surface area contributed by atoms with Crippen LogP contribution in [0.2, 0.25) is 0 Å². The largest absolute Gasteiger partial charge is 0.380 e. The molecule has 1 heterocycles. The first-order valence-electron chi connectivity index (χ1n) is 6.76. The molecule has 0 aromatic rings. The molecule has 1 rings (SSSR count). The summed E-state index contributed by atoms with van der Waals surface area (Å²) in [6.07, 6.45) is 5.14. The smallest absolute Gasteiger partial charge is 0.0622 e. The van der Waals surface area contributed by atoms with Crippen molar-refractivity contribution in [1.29, 1.82) is 0 Å². The van der Waals surface area contributed by atoms with Gasteiger partial charge in [-0.1, -0.05) is 19.8 Å². The number of unbranched alkanes of at least 4 members (excludes halogenated alkanes) is 2. The first-order chi connectivity index (χ1) is 7.75. The average Bonchev–Trinajstić information content (AvgIpc) is 2.81. The highest BCUT2D eigenvalue weighted by molar-refractivity contribution is 4.78. The highest BCUT2D eigenvalue weighted by atomic mass is 16.5. The molecular formula is C13H28N2O. The van der Waals surface area contributed by atoms with Crippen LogP contribution in [0.5, 0.6) is 0 Å². The van der Waals surface area contributed by atoms with E-state index in [1.54, 1.807) is 0 Å². The summed E-state index contributed by atoms with van der Waals surface area (Å²) in [6, 6.07) is 1.24. The molecule has 1 N–H and O–H groups in total. The van der Waals surface area contributed by atoms with E-state index in [0.29, 0.717) is 12.1 Å². The van der Waals surface area contributed by atoms with Crippen molar-refractivity contribution in [3.8, 4) is 0 Å². The highest BCUT2D eigenvalue weighted by Gasteiger charge is 2.23. The molecule has 3 nitrogen and oxygen atoms in total. The third-order valence-electron chi connectivity index (χ3n) is 3.57. The molecule has 0 aromatic heterocycles. The minimum Gasteiger partial charge on any atom is -0.380 e. The number of ether oxygens (including phenoxy) is 1. The minimum atomic E-state index is 0.605. The summed E-state index contributed by atoms with van der Waals surface area (Å²) in [5, 5.41) is 3.54. The Morgan fingerprint density at radius 3 is 2.88 bits per heavy atom. The number of rotatable bonds is 8. The lowest BCUT2D eigenvalue weighted by Crippen LogP contribution is -2.44. The maximum absolute atomic E-state index is 5.42. The second-order valence-corrected chi connectivity index (χ2v) is 4.94. The van der Waals surface area contributed by atoms with Gasteiger partial charge in [0.2, 0.25) is 0 Å². The lowest BCUT2D eigenvalue weighted by atomic mass is 10.2. The highest BCUT2D eigenvalue weighted by Crippen LogP contribution is 2.12. The van der Waals surface area contributed by atoms with Crippen molar-refractivity contribution < 1.29 is 4.74 Å². The van der Waals surface area contributed by atoms with Gasteiger partial charge >= 0.3 is 0 Å². The van der Waals surface area contributed by atoms with Crippen molar-refractivity contribution in [2.45, 2.75) is 51.6 Å². The second kappa shape index (κ2) is 8.04. The van der Waals surface area contributed by atoms with Crippen LogP contribution in [0.3, 0.4) is 0 Å². The van der Waals surface area contributed by atoms with E-state index < -0.39 is 0 Å². The number of likely N-dealkylation sites (N-methyl/N-ethyl adjacent to an activating group) is 1. The maximum atomic E-state index is 5.42. The van der Waals surface area contributed by atoms with Gasteiger partial charge in [0, 0.05) is 25.2 Å². The van der Waals surface area contributed by atoms with Crippen LogP contribution >= 0.6 is 0 Å². The van der Waals surface area contributed by atoms with E-state index in [2.05, 4.69) is 31.1 Å². The van der Waals surface area contributed by atoms with Crippen molar-refractivity contribution in [3.05, 3.63) is 0 Å². The average molecular weight is 228 g/mol. The van der Waals surface area contributed by atoms with Gasteiger partial charge in [-0.15, -0.1) is 0 Å². The summed E-state index contributed by atoms with van der Waals surface area (Å²) < 4.78 is 5.42. The zero-order chi connectivity index (χ0) is 11.8. The van der Waals surface area contributed by atoms with Crippen molar-refractivity contribution >= 4 is 0 Å². The van der Waals surface area contributed by atoms with Crippen LogP contribution in [-0.4, -0.2) is 50.3 Å². The zero-order valence-corrected chi connectivity index (χ0v) is 11.2. The van der Waals surface area contributed by atoms with Gasteiger partial charge in [-0.25, -0.2) is 0 Å². The SMILES string of the molecule is CCCCCNCC(C)N(C)C1CCOC1. The summed E-state index contributed by atoms with van der Waals surface area (Å²) in [5.74, 6) is 0. The maximum Gasteiger partial charge on any atom is 0.0622 e. The molecule has 1 saturated heterocycles. The van der Waals surface area contributed by atoms with Crippen LogP contribution in [0.15, 0.2) is 0 Å². The van der Waals surface area contributed by atoms with E-state index >= 15 is 0 Å². The van der Waals surface area contributed by atoms with Gasteiger partial charge in [0.05, 0.1) is 6.61 Å². The lowest BCUT2D eigenvalue weighted by molar-refractivity contribution is 0.137. The van der Waals surface area contributed by atoms with Gasteiger partial charge in [0.15, 0.2) is 0 Å². The monoisotopic (exact) mass is 228 g/mol. The minimum absolute atomic E-state index is 0.605. The predicted molar refractivity (Wildman–Crippen MR) is 68.8 cm³/mol. The molecule has 1 fully saturated rings. The molecule has 0 radical (unpaired) electrons. The van der Waals surface area contributed by atoms with Gasteiger partial charge in [0.25, 0.3) is 0 Å². The predicted octanol–water partition coefficient (Wildman–Crippen LogP) is 1.88. The Balaban J connectivity index is 2.06. The molecule has 1 aliphatic heterocycles. The topological polar surface area (TPSA) is 24.5 Å². The van der Waals surface area contributed by atoms with Crippen LogP contribution in [0.25, 0.3) is 0 Å². The Hall–Kier alpha value is -0.120. The Morgan fingerprint density at radius 2 is 2.25 bits per heavy atom. The first-order valence-corrected chi connectivity index (χ1v) is 6.76. The summed E-state index contributed by atoms with van der Waals surface area (Å²) in [4.78, 5) is 2.46. The Kier molecular flexibility index (Phi) is 7.01. The van der Waals surface area contributed by atoms with Crippen molar-refractivity contribution in [3.63, 3.8) is 0 Å². The van der Waals surface area contributed by atoms with Crippen molar-refractivity contribution in [1.82, 2.24) is 10.2 Å². The van der Waals surface area contributed by atoms with Crippen LogP contribution in [0.1, 0.15) is 39.5 Å². The molecule has 0 spiro atoms. The van der Waals surface area contributed by atoms with E-state index in [1.165, 1.54) is 25.7 Å². The first kappa shape index (κ1) is 13.9. The van der Waals surface area contributed by atoms with Gasteiger partial charge in [-0.3, -0.25) is 4.90 Å². The third kappa shape index (κ3) is 4.81. The van der Waals surface area contributed by atoms with Gasteiger partial charge in [-0.2, -0.15) is 0 Å². The molecule has 0 saturated carbocycles. The summed E-state index contributed by atoms with van der Waals surface area (Å²) >= 11 is 0. The molecule has 0 bridgehead atoms. The summed E-state index contributed by atoms with van der Waals surface area (Å²) in [6.45, 7) is 8.65. The van der Waals surface area contributed by atoms with Crippen LogP contribution < -0.4 is 5.32 Å². The van der Waals surface area contributed by atoms with E-state index in [-0.39, 0.29) is 0 Å². The summed E-state index contributed by atoms with van der Waals surface area (Å²) in [5.41, 5.74) is 0. The molecule has 3 heteroatoms. The number of nitrogens with zero attached hydrogens (tertiary/aromatic N) is 1. The fourth-order valence-electron chi connectivity index (χ4n) is 2.16. The van der Waals surface area contributed by atoms with E-state index in [1.807, 2.05) is 0 Å². The molecule has 0 amide bonds.